The maximum Gasteiger partial charge on any atom is 0.0167 e. The van der Waals surface area contributed by atoms with Gasteiger partial charge in [-0.2, -0.15) is 0 Å². The summed E-state index contributed by atoms with van der Waals surface area (Å²) in [7, 11) is 0. The molecule has 1 saturated heterocycles. The fourth-order valence-corrected chi connectivity index (χ4v) is 1.40. The van der Waals surface area contributed by atoms with Gasteiger partial charge in [0.2, 0.25) is 0 Å². The molecule has 0 amide bonds. The zero-order valence-electron chi connectivity index (χ0n) is 8.64. The van der Waals surface area contributed by atoms with Crippen LogP contribution < -0.4 is 11.1 Å². The van der Waals surface area contributed by atoms with Gasteiger partial charge in [0.25, 0.3) is 0 Å². The van der Waals surface area contributed by atoms with Crippen LogP contribution in [-0.4, -0.2) is 43.7 Å². The molecule has 1 heterocycles. The lowest BCUT2D eigenvalue weighted by molar-refractivity contribution is 0.212. The van der Waals surface area contributed by atoms with E-state index >= 15 is 0 Å². The van der Waals surface area contributed by atoms with Crippen LogP contribution >= 0.6 is 0 Å². The van der Waals surface area contributed by atoms with Gasteiger partial charge in [0.1, 0.15) is 0 Å². The molecule has 1 fully saturated rings. The minimum absolute atomic E-state index is 0.639. The van der Waals surface area contributed by atoms with Crippen molar-refractivity contribution in [2.75, 3.05) is 32.7 Å². The zero-order valence-corrected chi connectivity index (χ0v) is 8.64. The Morgan fingerprint density at radius 2 is 2.17 bits per heavy atom. The van der Waals surface area contributed by atoms with Crippen LogP contribution in [0.5, 0.6) is 0 Å². The van der Waals surface area contributed by atoms with E-state index in [9.17, 15) is 0 Å². The molecule has 1 rings (SSSR count). The van der Waals surface area contributed by atoms with Crippen LogP contribution in [0.15, 0.2) is 0 Å². The summed E-state index contributed by atoms with van der Waals surface area (Å²) < 4.78 is 0. The first-order chi connectivity index (χ1) is 5.83. The Balaban J connectivity index is 0.000000561. The summed E-state index contributed by atoms with van der Waals surface area (Å²) in [5.74, 6) is 0. The lowest BCUT2D eigenvalue weighted by atomic mass is 10.2. The minimum atomic E-state index is 0.639. The van der Waals surface area contributed by atoms with Gasteiger partial charge in [-0.3, -0.25) is 4.90 Å². The summed E-state index contributed by atoms with van der Waals surface area (Å²) in [4.78, 5) is 2.40. The number of rotatable bonds is 2. The highest BCUT2D eigenvalue weighted by molar-refractivity contribution is 4.74. The molecular weight excluding hydrogens is 150 g/mol. The van der Waals surface area contributed by atoms with Crippen molar-refractivity contribution >= 4 is 0 Å². The molecule has 12 heavy (non-hydrogen) atoms. The summed E-state index contributed by atoms with van der Waals surface area (Å²) in [6, 6.07) is 0.639. The van der Waals surface area contributed by atoms with Crippen molar-refractivity contribution in [3.05, 3.63) is 0 Å². The quantitative estimate of drug-likeness (QED) is 0.629. The van der Waals surface area contributed by atoms with E-state index < -0.39 is 0 Å². The molecule has 3 heteroatoms. The van der Waals surface area contributed by atoms with Gasteiger partial charge in [-0.05, 0) is 6.92 Å². The van der Waals surface area contributed by atoms with Crippen LogP contribution in [0.4, 0.5) is 0 Å². The third kappa shape index (κ3) is 4.70. The van der Waals surface area contributed by atoms with Gasteiger partial charge in [-0.25, -0.2) is 0 Å². The van der Waals surface area contributed by atoms with Crippen LogP contribution in [0, 0.1) is 0 Å². The highest BCUT2D eigenvalue weighted by Crippen LogP contribution is 1.95. The molecular formula is C9H23N3. The first-order valence-electron chi connectivity index (χ1n) is 4.98. The molecule has 1 unspecified atom stereocenters. The average molecular weight is 173 g/mol. The van der Waals surface area contributed by atoms with Crippen molar-refractivity contribution in [2.45, 2.75) is 26.8 Å². The molecule has 0 spiro atoms. The van der Waals surface area contributed by atoms with E-state index in [-0.39, 0.29) is 0 Å². The van der Waals surface area contributed by atoms with Crippen LogP contribution in [0.25, 0.3) is 0 Å². The molecule has 0 bridgehead atoms. The van der Waals surface area contributed by atoms with Gasteiger partial charge in [-0.15, -0.1) is 0 Å². The molecule has 1 aliphatic rings. The zero-order chi connectivity index (χ0) is 9.40. The second kappa shape index (κ2) is 7.53. The van der Waals surface area contributed by atoms with Crippen LogP contribution in [0.2, 0.25) is 0 Å². The summed E-state index contributed by atoms with van der Waals surface area (Å²) >= 11 is 0. The van der Waals surface area contributed by atoms with Crippen molar-refractivity contribution in [2.24, 2.45) is 5.73 Å². The highest BCUT2D eigenvalue weighted by Gasteiger charge is 2.13. The molecule has 1 atom stereocenters. The van der Waals surface area contributed by atoms with Gasteiger partial charge in [-0.1, -0.05) is 13.8 Å². The minimum Gasteiger partial charge on any atom is -0.329 e. The molecule has 0 saturated carbocycles. The van der Waals surface area contributed by atoms with E-state index in [1.54, 1.807) is 0 Å². The van der Waals surface area contributed by atoms with Crippen LogP contribution in [0.1, 0.15) is 20.8 Å². The Morgan fingerprint density at radius 1 is 1.50 bits per heavy atom. The molecule has 0 aromatic carbocycles. The topological polar surface area (TPSA) is 41.3 Å². The van der Waals surface area contributed by atoms with E-state index in [1.807, 2.05) is 13.8 Å². The van der Waals surface area contributed by atoms with E-state index in [0.29, 0.717) is 6.04 Å². The summed E-state index contributed by atoms with van der Waals surface area (Å²) in [5, 5.41) is 3.39. The number of piperazine rings is 1. The first-order valence-corrected chi connectivity index (χ1v) is 4.98. The van der Waals surface area contributed by atoms with E-state index in [0.717, 1.165) is 32.7 Å². The van der Waals surface area contributed by atoms with Gasteiger partial charge < -0.3 is 11.1 Å². The predicted octanol–water partition coefficient (Wildman–Crippen LogP) is 0.265. The Morgan fingerprint density at radius 3 is 2.67 bits per heavy atom. The van der Waals surface area contributed by atoms with Crippen LogP contribution in [-0.2, 0) is 0 Å². The molecule has 74 valence electrons. The Kier molecular flexibility index (Phi) is 7.45. The molecule has 0 aliphatic carbocycles. The van der Waals surface area contributed by atoms with E-state index in [4.69, 9.17) is 5.73 Å². The standard InChI is InChI=1S/C7H17N3.C2H6/c1-7-6-10(4-2-8)5-3-9-7;1-2/h7,9H,2-6,8H2,1H3;1-2H3. The molecule has 0 aromatic heterocycles. The Labute approximate surface area is 76.3 Å². The summed E-state index contributed by atoms with van der Waals surface area (Å²) in [6.07, 6.45) is 0. The Bertz CT molecular complexity index is 93.8. The fraction of sp³-hybridized carbons (Fsp3) is 1.00. The van der Waals surface area contributed by atoms with Gasteiger partial charge in [0.15, 0.2) is 0 Å². The fourth-order valence-electron chi connectivity index (χ4n) is 1.40. The van der Waals surface area contributed by atoms with Crippen molar-refractivity contribution in [1.29, 1.82) is 0 Å². The molecule has 0 radical (unpaired) electrons. The summed E-state index contributed by atoms with van der Waals surface area (Å²) in [6.45, 7) is 11.5. The van der Waals surface area contributed by atoms with Gasteiger partial charge >= 0.3 is 0 Å². The monoisotopic (exact) mass is 173 g/mol. The third-order valence-electron chi connectivity index (χ3n) is 1.90. The SMILES string of the molecule is CC.CC1CN(CCN)CCN1. The number of hydrogen-bond donors (Lipinski definition) is 2. The van der Waals surface area contributed by atoms with E-state index in [2.05, 4.69) is 17.1 Å². The van der Waals surface area contributed by atoms with E-state index in [1.165, 1.54) is 0 Å². The van der Waals surface area contributed by atoms with Crippen molar-refractivity contribution in [3.8, 4) is 0 Å². The maximum atomic E-state index is 5.44. The van der Waals surface area contributed by atoms with Gasteiger partial charge in [0.05, 0.1) is 0 Å². The lowest BCUT2D eigenvalue weighted by Gasteiger charge is -2.31. The largest absolute Gasteiger partial charge is 0.329 e. The molecule has 3 N–H and O–H groups in total. The predicted molar refractivity (Wildman–Crippen MR) is 54.3 cm³/mol. The number of nitrogens with two attached hydrogens (primary N) is 1. The molecule has 1 aliphatic heterocycles. The summed E-state index contributed by atoms with van der Waals surface area (Å²) in [5.41, 5.74) is 5.44. The first kappa shape index (κ1) is 11.9. The van der Waals surface area contributed by atoms with Gasteiger partial charge in [0, 0.05) is 38.8 Å². The number of hydrogen-bond acceptors (Lipinski definition) is 3. The second-order valence-electron chi connectivity index (χ2n) is 2.94. The third-order valence-corrected chi connectivity index (χ3v) is 1.90. The second-order valence-corrected chi connectivity index (χ2v) is 2.94. The molecule has 3 nitrogen and oxygen atoms in total. The van der Waals surface area contributed by atoms with Crippen molar-refractivity contribution < 1.29 is 0 Å². The highest BCUT2D eigenvalue weighted by atomic mass is 15.2. The maximum absolute atomic E-state index is 5.44. The molecule has 0 aromatic rings. The van der Waals surface area contributed by atoms with Crippen LogP contribution in [0.3, 0.4) is 0 Å². The van der Waals surface area contributed by atoms with Crippen molar-refractivity contribution in [1.82, 2.24) is 10.2 Å². The number of nitrogens with zero attached hydrogens (tertiary/aromatic N) is 1. The normalized spacial score (nSPS) is 24.5. The number of nitrogens with one attached hydrogen (secondary N) is 1. The lowest BCUT2D eigenvalue weighted by Crippen LogP contribution is -2.50. The Hall–Kier alpha value is -0.120. The van der Waals surface area contributed by atoms with Crippen molar-refractivity contribution in [3.63, 3.8) is 0 Å². The smallest absolute Gasteiger partial charge is 0.0167 e. The average Bonchev–Trinajstić information content (AvgIpc) is 2.09.